The summed E-state index contributed by atoms with van der Waals surface area (Å²) in [6.07, 6.45) is 1.84. The summed E-state index contributed by atoms with van der Waals surface area (Å²) >= 11 is 0. The van der Waals surface area contributed by atoms with Crippen molar-refractivity contribution in [3.8, 4) is 0 Å². The van der Waals surface area contributed by atoms with E-state index in [0.717, 1.165) is 12.8 Å². The lowest BCUT2D eigenvalue weighted by Crippen LogP contribution is -2.38. The minimum absolute atomic E-state index is 0.0221. The molecule has 16 heavy (non-hydrogen) atoms. The van der Waals surface area contributed by atoms with Crippen LogP contribution in [0, 0.1) is 22.7 Å². The Hall–Kier alpha value is -0.0400. The van der Waals surface area contributed by atoms with Crippen molar-refractivity contribution < 1.29 is 5.11 Å². The SMILES string of the molecule is CCC(C)C(C)(C)C(O)CC(C)C(C)(C)C. The smallest absolute Gasteiger partial charge is 0.0596 e. The van der Waals surface area contributed by atoms with Crippen LogP contribution in [0.2, 0.25) is 0 Å². The van der Waals surface area contributed by atoms with Gasteiger partial charge in [-0.05, 0) is 29.1 Å². The molecular formula is C15H32O. The molecule has 0 spiro atoms. The van der Waals surface area contributed by atoms with E-state index in [4.69, 9.17) is 0 Å². The summed E-state index contributed by atoms with van der Waals surface area (Å²) in [5.41, 5.74) is 0.306. The molecule has 0 aromatic heterocycles. The van der Waals surface area contributed by atoms with Crippen LogP contribution in [0.5, 0.6) is 0 Å². The van der Waals surface area contributed by atoms with Crippen LogP contribution in [0.4, 0.5) is 0 Å². The van der Waals surface area contributed by atoms with E-state index < -0.39 is 0 Å². The Balaban J connectivity index is 4.52. The minimum atomic E-state index is -0.198. The molecule has 0 amide bonds. The molecule has 98 valence electrons. The van der Waals surface area contributed by atoms with Crippen LogP contribution in [-0.4, -0.2) is 11.2 Å². The predicted molar refractivity (Wildman–Crippen MR) is 72.5 cm³/mol. The number of hydrogen-bond donors (Lipinski definition) is 1. The highest BCUT2D eigenvalue weighted by molar-refractivity contribution is 4.85. The van der Waals surface area contributed by atoms with Crippen LogP contribution in [0.1, 0.15) is 68.2 Å². The molecule has 0 heterocycles. The standard InChI is InChI=1S/C15H32O/c1-9-11(2)15(7,8)13(16)10-12(3)14(4,5)6/h11-13,16H,9-10H2,1-8H3. The first-order valence-electron chi connectivity index (χ1n) is 6.71. The molecule has 0 radical (unpaired) electrons. The van der Waals surface area contributed by atoms with Crippen LogP contribution in [-0.2, 0) is 0 Å². The third-order valence-electron chi connectivity index (χ3n) is 4.80. The van der Waals surface area contributed by atoms with Crippen molar-refractivity contribution in [3.63, 3.8) is 0 Å². The number of hydrogen-bond acceptors (Lipinski definition) is 1. The first kappa shape index (κ1) is 16.0. The quantitative estimate of drug-likeness (QED) is 0.735. The van der Waals surface area contributed by atoms with Gasteiger partial charge in [0, 0.05) is 0 Å². The second-order valence-electron chi connectivity index (χ2n) is 7.15. The lowest BCUT2D eigenvalue weighted by Gasteiger charge is -2.39. The van der Waals surface area contributed by atoms with Crippen LogP contribution in [0.25, 0.3) is 0 Å². The third-order valence-corrected chi connectivity index (χ3v) is 4.80. The molecule has 1 nitrogen and oxygen atoms in total. The molecule has 1 heteroatoms. The van der Waals surface area contributed by atoms with Crippen molar-refractivity contribution in [1.82, 2.24) is 0 Å². The molecule has 0 aliphatic carbocycles. The van der Waals surface area contributed by atoms with Crippen molar-refractivity contribution in [3.05, 3.63) is 0 Å². The van der Waals surface area contributed by atoms with Gasteiger partial charge in [0.25, 0.3) is 0 Å². The summed E-state index contributed by atoms with van der Waals surface area (Å²) in [7, 11) is 0. The second kappa shape index (κ2) is 5.53. The van der Waals surface area contributed by atoms with Gasteiger partial charge < -0.3 is 5.11 Å². The molecular weight excluding hydrogens is 196 g/mol. The topological polar surface area (TPSA) is 20.2 Å². The lowest BCUT2D eigenvalue weighted by molar-refractivity contribution is -0.0153. The van der Waals surface area contributed by atoms with Gasteiger partial charge in [0.15, 0.2) is 0 Å². The molecule has 0 fully saturated rings. The van der Waals surface area contributed by atoms with Crippen LogP contribution in [0.15, 0.2) is 0 Å². The highest BCUT2D eigenvalue weighted by atomic mass is 16.3. The predicted octanol–water partition coefficient (Wildman–Crippen LogP) is 4.49. The monoisotopic (exact) mass is 228 g/mol. The van der Waals surface area contributed by atoms with Crippen molar-refractivity contribution in [2.75, 3.05) is 0 Å². The zero-order valence-corrected chi connectivity index (χ0v) is 12.6. The first-order chi connectivity index (χ1) is 7.03. The maximum absolute atomic E-state index is 10.4. The first-order valence-corrected chi connectivity index (χ1v) is 6.71. The Morgan fingerprint density at radius 1 is 0.938 bits per heavy atom. The molecule has 0 aliphatic heterocycles. The van der Waals surface area contributed by atoms with Gasteiger partial charge in [0.1, 0.15) is 0 Å². The normalized spacial score (nSPS) is 19.3. The maximum Gasteiger partial charge on any atom is 0.0596 e. The molecule has 0 aliphatic rings. The van der Waals surface area contributed by atoms with Gasteiger partial charge in [-0.2, -0.15) is 0 Å². The Morgan fingerprint density at radius 2 is 1.38 bits per heavy atom. The summed E-state index contributed by atoms with van der Waals surface area (Å²) in [4.78, 5) is 0. The molecule has 3 unspecified atom stereocenters. The lowest BCUT2D eigenvalue weighted by atomic mass is 9.69. The molecule has 0 saturated carbocycles. The molecule has 0 aromatic carbocycles. The minimum Gasteiger partial charge on any atom is -0.393 e. The van der Waals surface area contributed by atoms with Crippen LogP contribution in [0.3, 0.4) is 0 Å². The number of aliphatic hydroxyl groups is 1. The number of rotatable bonds is 5. The van der Waals surface area contributed by atoms with Gasteiger partial charge in [-0.1, -0.05) is 61.8 Å². The average molecular weight is 228 g/mol. The summed E-state index contributed by atoms with van der Waals surface area (Å²) in [6, 6.07) is 0. The number of aliphatic hydroxyl groups excluding tert-OH is 1. The Kier molecular flexibility index (Phi) is 5.52. The molecule has 0 rings (SSSR count). The van der Waals surface area contributed by atoms with E-state index in [1.807, 2.05) is 0 Å². The van der Waals surface area contributed by atoms with Gasteiger partial charge in [0.2, 0.25) is 0 Å². The van der Waals surface area contributed by atoms with Crippen molar-refractivity contribution in [1.29, 1.82) is 0 Å². The van der Waals surface area contributed by atoms with Crippen molar-refractivity contribution >= 4 is 0 Å². The van der Waals surface area contributed by atoms with E-state index in [0.29, 0.717) is 11.8 Å². The molecule has 3 atom stereocenters. The zero-order valence-electron chi connectivity index (χ0n) is 12.6. The Labute approximate surface area is 103 Å². The van der Waals surface area contributed by atoms with Crippen molar-refractivity contribution in [2.24, 2.45) is 22.7 Å². The fourth-order valence-corrected chi connectivity index (χ4v) is 1.85. The zero-order chi connectivity index (χ0) is 13.1. The van der Waals surface area contributed by atoms with E-state index >= 15 is 0 Å². The van der Waals surface area contributed by atoms with Gasteiger partial charge >= 0.3 is 0 Å². The fourth-order valence-electron chi connectivity index (χ4n) is 1.85. The molecule has 1 N–H and O–H groups in total. The van der Waals surface area contributed by atoms with E-state index in [-0.39, 0.29) is 16.9 Å². The maximum atomic E-state index is 10.4. The van der Waals surface area contributed by atoms with Crippen molar-refractivity contribution in [2.45, 2.75) is 74.3 Å². The van der Waals surface area contributed by atoms with E-state index in [9.17, 15) is 5.11 Å². The second-order valence-corrected chi connectivity index (χ2v) is 7.15. The molecule has 0 bridgehead atoms. The van der Waals surface area contributed by atoms with Crippen LogP contribution < -0.4 is 0 Å². The molecule has 0 saturated heterocycles. The summed E-state index contributed by atoms with van der Waals surface area (Å²) in [6.45, 7) is 17.8. The Bertz CT molecular complexity index is 200. The van der Waals surface area contributed by atoms with Crippen LogP contribution >= 0.6 is 0 Å². The summed E-state index contributed by atoms with van der Waals surface area (Å²) < 4.78 is 0. The highest BCUT2D eigenvalue weighted by Gasteiger charge is 2.35. The van der Waals surface area contributed by atoms with Gasteiger partial charge in [-0.15, -0.1) is 0 Å². The van der Waals surface area contributed by atoms with E-state index in [1.165, 1.54) is 0 Å². The highest BCUT2D eigenvalue weighted by Crippen LogP contribution is 2.38. The summed E-state index contributed by atoms with van der Waals surface area (Å²) in [5, 5.41) is 10.4. The van der Waals surface area contributed by atoms with Gasteiger partial charge in [-0.25, -0.2) is 0 Å². The Morgan fingerprint density at radius 3 is 1.69 bits per heavy atom. The third kappa shape index (κ3) is 4.08. The van der Waals surface area contributed by atoms with Gasteiger partial charge in [0.05, 0.1) is 6.10 Å². The average Bonchev–Trinajstić information content (AvgIpc) is 2.14. The largest absolute Gasteiger partial charge is 0.393 e. The fraction of sp³-hybridized carbons (Fsp3) is 1.00. The van der Waals surface area contributed by atoms with E-state index in [2.05, 4.69) is 55.4 Å². The van der Waals surface area contributed by atoms with E-state index in [1.54, 1.807) is 0 Å². The molecule has 0 aromatic rings. The van der Waals surface area contributed by atoms with Gasteiger partial charge in [-0.3, -0.25) is 0 Å². The summed E-state index contributed by atoms with van der Waals surface area (Å²) in [5.74, 6) is 1.11.